The van der Waals surface area contributed by atoms with Crippen molar-refractivity contribution in [2.75, 3.05) is 5.32 Å². The van der Waals surface area contributed by atoms with Gasteiger partial charge in [0, 0.05) is 16.2 Å². The lowest BCUT2D eigenvalue weighted by molar-refractivity contribution is -0.137. The van der Waals surface area contributed by atoms with Crippen LogP contribution >= 0.6 is 23.2 Å². The highest BCUT2D eigenvalue weighted by molar-refractivity contribution is 6.35. The minimum atomic E-state index is -0.925. The van der Waals surface area contributed by atoms with Gasteiger partial charge in [0.05, 0.1) is 48.3 Å². The molecule has 3 rings (SSSR count). The lowest BCUT2D eigenvalue weighted by atomic mass is 10.2. The fourth-order valence-electron chi connectivity index (χ4n) is 2.84. The quantitative estimate of drug-likeness (QED) is 0.587. The molecule has 10 heteroatoms. The molecule has 0 bridgehead atoms. The Morgan fingerprint density at radius 2 is 2.00 bits per heavy atom. The number of carboxylic acid groups (broad SMARTS) is 1. The van der Waals surface area contributed by atoms with Gasteiger partial charge in [-0.1, -0.05) is 29.3 Å². The standard InChI is InChI=1S/C19H19Cl2N5O3/c1-11-18(23-19(29)14-8-22-25(9-14)6-5-17(27)28)12(2)26(24-11)10-13-3-4-15(20)7-16(13)21/h3-4,7-9H,5-6,10H2,1-2H3,(H,23,29)(H,27,28). The molecule has 8 nitrogen and oxygen atoms in total. The van der Waals surface area contributed by atoms with Crippen LogP contribution in [-0.4, -0.2) is 36.5 Å². The first-order valence-electron chi connectivity index (χ1n) is 8.78. The molecule has 0 aliphatic heterocycles. The largest absolute Gasteiger partial charge is 0.481 e. The summed E-state index contributed by atoms with van der Waals surface area (Å²) < 4.78 is 3.19. The molecule has 0 spiro atoms. The number of aliphatic carboxylic acids is 1. The fraction of sp³-hybridized carbons (Fsp3) is 0.263. The number of carbonyl (C=O) groups is 2. The molecule has 0 fully saturated rings. The van der Waals surface area contributed by atoms with Gasteiger partial charge >= 0.3 is 5.97 Å². The van der Waals surface area contributed by atoms with E-state index in [1.54, 1.807) is 23.7 Å². The molecule has 0 saturated carbocycles. The Hall–Kier alpha value is -2.84. The molecule has 0 unspecified atom stereocenters. The lowest BCUT2D eigenvalue weighted by Gasteiger charge is -2.08. The third-order valence-electron chi connectivity index (χ3n) is 4.41. The number of hydrogen-bond acceptors (Lipinski definition) is 4. The van der Waals surface area contributed by atoms with Gasteiger partial charge < -0.3 is 10.4 Å². The number of amides is 1. The van der Waals surface area contributed by atoms with E-state index in [2.05, 4.69) is 15.5 Å². The first kappa shape index (κ1) is 20.9. The molecule has 1 amide bonds. The maximum atomic E-state index is 12.6. The summed E-state index contributed by atoms with van der Waals surface area (Å²) in [5.74, 6) is -1.27. The van der Waals surface area contributed by atoms with Gasteiger partial charge in [-0.2, -0.15) is 10.2 Å². The van der Waals surface area contributed by atoms with Crippen molar-refractivity contribution in [1.29, 1.82) is 0 Å². The zero-order valence-electron chi connectivity index (χ0n) is 15.8. The van der Waals surface area contributed by atoms with Crippen molar-refractivity contribution in [3.05, 3.63) is 63.2 Å². The molecule has 3 aromatic rings. The van der Waals surface area contributed by atoms with Gasteiger partial charge in [0.25, 0.3) is 5.91 Å². The number of benzene rings is 1. The second-order valence-electron chi connectivity index (χ2n) is 6.53. The topological polar surface area (TPSA) is 102 Å². The molecule has 2 aromatic heterocycles. The SMILES string of the molecule is Cc1nn(Cc2ccc(Cl)cc2Cl)c(C)c1NC(=O)c1cnn(CCC(=O)O)c1. The van der Waals surface area contributed by atoms with Gasteiger partial charge in [-0.05, 0) is 31.5 Å². The molecule has 1 aromatic carbocycles. The number of aryl methyl sites for hydroxylation is 2. The minimum Gasteiger partial charge on any atom is -0.481 e. The highest BCUT2D eigenvalue weighted by atomic mass is 35.5. The van der Waals surface area contributed by atoms with Crippen molar-refractivity contribution in [3.8, 4) is 0 Å². The van der Waals surface area contributed by atoms with Crippen molar-refractivity contribution >= 4 is 40.8 Å². The Morgan fingerprint density at radius 1 is 1.24 bits per heavy atom. The molecule has 2 heterocycles. The van der Waals surface area contributed by atoms with Gasteiger partial charge in [0.2, 0.25) is 0 Å². The summed E-state index contributed by atoms with van der Waals surface area (Å²) in [5, 5.41) is 21.2. The molecule has 2 N–H and O–H groups in total. The van der Waals surface area contributed by atoms with Gasteiger partial charge in [0.1, 0.15) is 0 Å². The first-order chi connectivity index (χ1) is 13.7. The van der Waals surface area contributed by atoms with Crippen LogP contribution in [0.3, 0.4) is 0 Å². The summed E-state index contributed by atoms with van der Waals surface area (Å²) in [5.41, 5.74) is 3.25. The third kappa shape index (κ3) is 4.96. The second-order valence-corrected chi connectivity index (χ2v) is 7.37. The zero-order valence-corrected chi connectivity index (χ0v) is 17.3. The molecular weight excluding hydrogens is 417 g/mol. The summed E-state index contributed by atoms with van der Waals surface area (Å²) in [6, 6.07) is 5.28. The first-order valence-corrected chi connectivity index (χ1v) is 9.53. The number of anilines is 1. The number of aromatic nitrogens is 4. The summed E-state index contributed by atoms with van der Waals surface area (Å²) in [6.45, 7) is 4.29. The molecule has 0 aliphatic carbocycles. The van der Waals surface area contributed by atoms with Crippen molar-refractivity contribution in [2.45, 2.75) is 33.4 Å². The number of carboxylic acids is 1. The van der Waals surface area contributed by atoms with Crippen molar-refractivity contribution in [1.82, 2.24) is 19.6 Å². The van der Waals surface area contributed by atoms with Gasteiger partial charge in [-0.3, -0.25) is 19.0 Å². The van der Waals surface area contributed by atoms with Crippen LogP contribution in [0.5, 0.6) is 0 Å². The number of rotatable bonds is 7. The Kier molecular flexibility index (Phi) is 6.24. The fourth-order valence-corrected chi connectivity index (χ4v) is 3.31. The number of carbonyl (C=O) groups excluding carboxylic acids is 1. The molecular formula is C19H19Cl2N5O3. The molecule has 0 atom stereocenters. The Balaban J connectivity index is 1.74. The summed E-state index contributed by atoms with van der Waals surface area (Å²) in [7, 11) is 0. The lowest BCUT2D eigenvalue weighted by Crippen LogP contribution is -2.13. The summed E-state index contributed by atoms with van der Waals surface area (Å²) in [4.78, 5) is 23.2. The van der Waals surface area contributed by atoms with E-state index in [1.165, 1.54) is 17.1 Å². The van der Waals surface area contributed by atoms with E-state index in [1.807, 2.05) is 13.0 Å². The molecule has 0 saturated heterocycles. The minimum absolute atomic E-state index is 0.0685. The van der Waals surface area contributed by atoms with E-state index in [0.29, 0.717) is 33.5 Å². The molecule has 0 aliphatic rings. The van der Waals surface area contributed by atoms with Crippen LogP contribution in [0, 0.1) is 13.8 Å². The maximum absolute atomic E-state index is 12.6. The maximum Gasteiger partial charge on any atom is 0.305 e. The van der Waals surface area contributed by atoms with E-state index in [-0.39, 0.29) is 18.9 Å². The highest BCUT2D eigenvalue weighted by Crippen LogP contribution is 2.25. The van der Waals surface area contributed by atoms with E-state index in [4.69, 9.17) is 28.3 Å². The zero-order chi connectivity index (χ0) is 21.1. The summed E-state index contributed by atoms with van der Waals surface area (Å²) >= 11 is 12.2. The van der Waals surface area contributed by atoms with Crippen molar-refractivity contribution in [2.24, 2.45) is 0 Å². The van der Waals surface area contributed by atoms with E-state index >= 15 is 0 Å². The van der Waals surface area contributed by atoms with Crippen LogP contribution in [0.25, 0.3) is 0 Å². The Labute approximate surface area is 177 Å². The van der Waals surface area contributed by atoms with Gasteiger partial charge in [-0.15, -0.1) is 0 Å². The molecule has 0 radical (unpaired) electrons. The highest BCUT2D eigenvalue weighted by Gasteiger charge is 2.17. The van der Waals surface area contributed by atoms with E-state index in [0.717, 1.165) is 11.3 Å². The second kappa shape index (κ2) is 8.67. The van der Waals surface area contributed by atoms with Gasteiger partial charge in [-0.25, -0.2) is 0 Å². The molecule has 152 valence electrons. The monoisotopic (exact) mass is 435 g/mol. The van der Waals surface area contributed by atoms with Crippen LogP contribution in [0.1, 0.15) is 33.7 Å². The third-order valence-corrected chi connectivity index (χ3v) is 4.99. The normalized spacial score (nSPS) is 10.9. The number of hydrogen-bond donors (Lipinski definition) is 2. The number of nitrogens with one attached hydrogen (secondary N) is 1. The van der Waals surface area contributed by atoms with Crippen molar-refractivity contribution in [3.63, 3.8) is 0 Å². The van der Waals surface area contributed by atoms with E-state index in [9.17, 15) is 9.59 Å². The van der Waals surface area contributed by atoms with Gasteiger partial charge in [0.15, 0.2) is 0 Å². The smallest absolute Gasteiger partial charge is 0.305 e. The average molecular weight is 436 g/mol. The van der Waals surface area contributed by atoms with Crippen LogP contribution in [0.4, 0.5) is 5.69 Å². The Morgan fingerprint density at radius 3 is 2.69 bits per heavy atom. The summed E-state index contributed by atoms with van der Waals surface area (Å²) in [6.07, 6.45) is 2.85. The number of nitrogens with zero attached hydrogens (tertiary/aromatic N) is 4. The van der Waals surface area contributed by atoms with Crippen LogP contribution in [0.2, 0.25) is 10.0 Å². The predicted molar refractivity (Wildman–Crippen MR) is 110 cm³/mol. The predicted octanol–water partition coefficient (Wildman–Crippen LogP) is 3.78. The average Bonchev–Trinajstić information content (AvgIpc) is 3.23. The van der Waals surface area contributed by atoms with Crippen LogP contribution < -0.4 is 5.32 Å². The number of halogens is 2. The van der Waals surface area contributed by atoms with Crippen LogP contribution in [-0.2, 0) is 17.9 Å². The van der Waals surface area contributed by atoms with E-state index < -0.39 is 5.97 Å². The van der Waals surface area contributed by atoms with Crippen LogP contribution in [0.15, 0.2) is 30.6 Å². The Bertz CT molecular complexity index is 1070. The van der Waals surface area contributed by atoms with Crippen molar-refractivity contribution < 1.29 is 14.7 Å². The molecule has 29 heavy (non-hydrogen) atoms.